The summed E-state index contributed by atoms with van der Waals surface area (Å²) in [5.74, 6) is 2.73. The fourth-order valence-corrected chi connectivity index (χ4v) is 2.03. The van der Waals surface area contributed by atoms with E-state index in [1.54, 1.807) is 6.33 Å². The van der Waals surface area contributed by atoms with E-state index in [0.29, 0.717) is 0 Å². The van der Waals surface area contributed by atoms with Crippen molar-refractivity contribution in [2.45, 2.75) is 19.8 Å². The van der Waals surface area contributed by atoms with Gasteiger partial charge in [-0.25, -0.2) is 9.97 Å². The highest BCUT2D eigenvalue weighted by Gasteiger charge is 2.17. The minimum atomic E-state index is 0.730. The van der Waals surface area contributed by atoms with Crippen molar-refractivity contribution in [2.24, 2.45) is 5.92 Å². The number of nitrogens with one attached hydrogen (secondary N) is 1. The van der Waals surface area contributed by atoms with Gasteiger partial charge in [-0.1, -0.05) is 13.0 Å². The Kier molecular flexibility index (Phi) is 3.96. The summed E-state index contributed by atoms with van der Waals surface area (Å²) in [6.45, 7) is 8.92. The molecule has 0 amide bonds. The van der Waals surface area contributed by atoms with Crippen LogP contribution in [0.5, 0.6) is 0 Å². The smallest absolute Gasteiger partial charge is 0.134 e. The Morgan fingerprint density at radius 1 is 1.47 bits per heavy atom. The minimum Gasteiger partial charge on any atom is -0.366 e. The van der Waals surface area contributed by atoms with E-state index in [1.807, 2.05) is 12.1 Å². The molecule has 1 aromatic heterocycles. The summed E-state index contributed by atoms with van der Waals surface area (Å²) in [4.78, 5) is 10.9. The fourth-order valence-electron chi connectivity index (χ4n) is 2.03. The van der Waals surface area contributed by atoms with Crippen LogP contribution >= 0.6 is 0 Å². The number of hydrogen-bond acceptors (Lipinski definition) is 4. The van der Waals surface area contributed by atoms with E-state index in [-0.39, 0.29) is 0 Å². The first kappa shape index (κ1) is 11.9. The molecular formula is C13H20N4. The molecule has 0 saturated carbocycles. The summed E-state index contributed by atoms with van der Waals surface area (Å²) in [5, 5.41) is 3.19. The molecule has 0 bridgehead atoms. The molecule has 17 heavy (non-hydrogen) atoms. The quantitative estimate of drug-likeness (QED) is 0.809. The standard InChI is InChI=1S/C13H20N4/c1-3-6-14-12-9-13(16-10-15-12)17-7-4-11(2)5-8-17/h3,9-11H,1,4-8H2,2H3,(H,14,15,16). The van der Waals surface area contributed by atoms with E-state index < -0.39 is 0 Å². The molecule has 1 fully saturated rings. The van der Waals surface area contributed by atoms with Crippen molar-refractivity contribution >= 4 is 11.6 Å². The lowest BCUT2D eigenvalue weighted by Gasteiger charge is -2.31. The number of rotatable bonds is 4. The first-order chi connectivity index (χ1) is 8.29. The fraction of sp³-hybridized carbons (Fsp3) is 0.538. The van der Waals surface area contributed by atoms with Crippen LogP contribution in [0, 0.1) is 5.92 Å². The summed E-state index contributed by atoms with van der Waals surface area (Å²) in [5.41, 5.74) is 0. The van der Waals surface area contributed by atoms with Crippen molar-refractivity contribution in [3.05, 3.63) is 25.0 Å². The lowest BCUT2D eigenvalue weighted by atomic mass is 9.99. The van der Waals surface area contributed by atoms with Gasteiger partial charge in [-0.05, 0) is 18.8 Å². The van der Waals surface area contributed by atoms with Gasteiger partial charge in [0.1, 0.15) is 18.0 Å². The van der Waals surface area contributed by atoms with Crippen LogP contribution in [-0.4, -0.2) is 29.6 Å². The average Bonchev–Trinajstić information content (AvgIpc) is 2.37. The lowest BCUT2D eigenvalue weighted by molar-refractivity contribution is 0.436. The number of anilines is 2. The Bertz CT molecular complexity index is 369. The third kappa shape index (κ3) is 3.19. The third-order valence-corrected chi connectivity index (χ3v) is 3.19. The summed E-state index contributed by atoms with van der Waals surface area (Å²) in [6, 6.07) is 2.01. The van der Waals surface area contributed by atoms with E-state index in [9.17, 15) is 0 Å². The van der Waals surface area contributed by atoms with E-state index >= 15 is 0 Å². The van der Waals surface area contributed by atoms with Crippen LogP contribution in [0.2, 0.25) is 0 Å². The molecule has 0 unspecified atom stereocenters. The van der Waals surface area contributed by atoms with Crippen LogP contribution < -0.4 is 10.2 Å². The molecule has 0 aromatic carbocycles. The Labute approximate surface area is 103 Å². The van der Waals surface area contributed by atoms with Gasteiger partial charge in [-0.2, -0.15) is 0 Å². The topological polar surface area (TPSA) is 41.0 Å². The third-order valence-electron chi connectivity index (χ3n) is 3.19. The molecule has 92 valence electrons. The Hall–Kier alpha value is -1.58. The van der Waals surface area contributed by atoms with Crippen molar-refractivity contribution in [3.63, 3.8) is 0 Å². The summed E-state index contributed by atoms with van der Waals surface area (Å²) >= 11 is 0. The van der Waals surface area contributed by atoms with E-state index in [1.165, 1.54) is 12.8 Å². The molecule has 2 heterocycles. The van der Waals surface area contributed by atoms with Crippen LogP contribution in [0.1, 0.15) is 19.8 Å². The number of nitrogens with zero attached hydrogens (tertiary/aromatic N) is 3. The largest absolute Gasteiger partial charge is 0.366 e. The molecule has 4 nitrogen and oxygen atoms in total. The zero-order chi connectivity index (χ0) is 12.1. The van der Waals surface area contributed by atoms with Gasteiger partial charge in [-0.3, -0.25) is 0 Å². The molecule has 2 rings (SSSR count). The summed E-state index contributed by atoms with van der Waals surface area (Å²) < 4.78 is 0. The van der Waals surface area contributed by atoms with Gasteiger partial charge in [0.05, 0.1) is 0 Å². The molecule has 0 atom stereocenters. The van der Waals surface area contributed by atoms with E-state index in [4.69, 9.17) is 0 Å². The minimum absolute atomic E-state index is 0.730. The van der Waals surface area contributed by atoms with Crippen molar-refractivity contribution in [1.82, 2.24) is 9.97 Å². The normalized spacial score (nSPS) is 16.9. The highest BCUT2D eigenvalue weighted by Crippen LogP contribution is 2.22. The molecule has 4 heteroatoms. The Morgan fingerprint density at radius 2 is 2.24 bits per heavy atom. The first-order valence-corrected chi connectivity index (χ1v) is 6.21. The molecule has 1 aliphatic rings. The molecule has 1 saturated heterocycles. The predicted molar refractivity (Wildman–Crippen MR) is 71.3 cm³/mol. The van der Waals surface area contributed by atoms with Gasteiger partial charge in [-0.15, -0.1) is 6.58 Å². The molecule has 1 aromatic rings. The van der Waals surface area contributed by atoms with E-state index in [0.717, 1.165) is 37.2 Å². The summed E-state index contributed by atoms with van der Waals surface area (Å²) in [7, 11) is 0. The van der Waals surface area contributed by atoms with Crippen molar-refractivity contribution in [2.75, 3.05) is 29.9 Å². The SMILES string of the molecule is C=CCNc1cc(N2CCC(C)CC2)ncn1. The van der Waals surface area contributed by atoms with E-state index in [2.05, 4.69) is 33.7 Å². The summed E-state index contributed by atoms with van der Waals surface area (Å²) in [6.07, 6.45) is 5.95. The molecule has 0 spiro atoms. The van der Waals surface area contributed by atoms with Gasteiger partial charge < -0.3 is 10.2 Å². The molecule has 0 aliphatic carbocycles. The molecule has 1 N–H and O–H groups in total. The molecule has 1 aliphatic heterocycles. The van der Waals surface area contributed by atoms with Crippen LogP contribution in [0.15, 0.2) is 25.0 Å². The van der Waals surface area contributed by atoms with Crippen LogP contribution in [0.4, 0.5) is 11.6 Å². The van der Waals surface area contributed by atoms with Crippen LogP contribution in [0.3, 0.4) is 0 Å². The number of piperidine rings is 1. The first-order valence-electron chi connectivity index (χ1n) is 6.21. The van der Waals surface area contributed by atoms with Crippen molar-refractivity contribution < 1.29 is 0 Å². The second kappa shape index (κ2) is 5.66. The lowest BCUT2D eigenvalue weighted by Crippen LogP contribution is -2.33. The predicted octanol–water partition coefficient (Wildman–Crippen LogP) is 2.31. The highest BCUT2D eigenvalue weighted by molar-refractivity contribution is 5.48. The molecule has 0 radical (unpaired) electrons. The second-order valence-corrected chi connectivity index (χ2v) is 4.60. The average molecular weight is 232 g/mol. The maximum absolute atomic E-state index is 4.35. The monoisotopic (exact) mass is 232 g/mol. The maximum atomic E-state index is 4.35. The highest BCUT2D eigenvalue weighted by atomic mass is 15.2. The van der Waals surface area contributed by atoms with Crippen LogP contribution in [-0.2, 0) is 0 Å². The molecular weight excluding hydrogens is 212 g/mol. The van der Waals surface area contributed by atoms with Crippen molar-refractivity contribution in [3.8, 4) is 0 Å². The zero-order valence-electron chi connectivity index (χ0n) is 10.4. The van der Waals surface area contributed by atoms with Crippen LogP contribution in [0.25, 0.3) is 0 Å². The van der Waals surface area contributed by atoms with Gasteiger partial charge in [0, 0.05) is 25.7 Å². The van der Waals surface area contributed by atoms with Gasteiger partial charge in [0.2, 0.25) is 0 Å². The van der Waals surface area contributed by atoms with Gasteiger partial charge in [0.25, 0.3) is 0 Å². The van der Waals surface area contributed by atoms with Gasteiger partial charge in [0.15, 0.2) is 0 Å². The van der Waals surface area contributed by atoms with Crippen molar-refractivity contribution in [1.29, 1.82) is 0 Å². The Morgan fingerprint density at radius 3 is 2.94 bits per heavy atom. The number of aromatic nitrogens is 2. The second-order valence-electron chi connectivity index (χ2n) is 4.60. The Balaban J connectivity index is 2.02. The zero-order valence-corrected chi connectivity index (χ0v) is 10.4. The maximum Gasteiger partial charge on any atom is 0.134 e. The van der Waals surface area contributed by atoms with Gasteiger partial charge >= 0.3 is 0 Å². The number of hydrogen-bond donors (Lipinski definition) is 1.